The number of hydrogen-bond acceptors (Lipinski definition) is 7. The van der Waals surface area contributed by atoms with E-state index in [1.165, 1.54) is 7.05 Å². The second kappa shape index (κ2) is 16.2. The lowest BCUT2D eigenvalue weighted by atomic mass is 9.65. The molecule has 0 radical (unpaired) electrons. The zero-order valence-electron chi connectivity index (χ0n) is 35.4. The minimum atomic E-state index is -3.08. The summed E-state index contributed by atoms with van der Waals surface area (Å²) in [6, 6.07) is 23.1. The van der Waals surface area contributed by atoms with Gasteiger partial charge in [-0.25, -0.2) is 13.5 Å². The highest BCUT2D eigenvalue weighted by Gasteiger charge is 2.57. The number of aliphatic carboxylic acids is 1. The monoisotopic (exact) mass is 873 g/mol. The van der Waals surface area contributed by atoms with Gasteiger partial charge in [0.15, 0.2) is 0 Å². The Bertz CT molecular complexity index is 2260. The van der Waals surface area contributed by atoms with Gasteiger partial charge < -0.3 is 24.1 Å². The zero-order chi connectivity index (χ0) is 43.5. The van der Waals surface area contributed by atoms with Crippen LogP contribution in [0.5, 0.6) is 5.75 Å². The van der Waals surface area contributed by atoms with Crippen molar-refractivity contribution in [3.63, 3.8) is 0 Å². The maximum Gasteiger partial charge on any atom is 0.310 e. The Morgan fingerprint density at radius 2 is 1.67 bits per heavy atom. The first-order chi connectivity index (χ1) is 29.0. The van der Waals surface area contributed by atoms with Gasteiger partial charge in [-0.15, -0.1) is 5.10 Å². The van der Waals surface area contributed by atoms with Gasteiger partial charge in [0.25, 0.3) is 14.7 Å². The largest absolute Gasteiger partial charge is 0.487 e. The van der Waals surface area contributed by atoms with Crippen LogP contribution >= 0.6 is 11.6 Å². The number of amides is 2. The quantitative estimate of drug-likeness (QED) is 0.148. The number of carbonyl (C=O) groups is 3. The molecule has 2 aliphatic carbocycles. The Morgan fingerprint density at radius 1 is 1.02 bits per heavy atom. The Morgan fingerprint density at radius 3 is 2.25 bits per heavy atom. The molecular weight excluding hydrogens is 820 g/mol. The van der Waals surface area contributed by atoms with Crippen molar-refractivity contribution in [2.75, 3.05) is 19.6 Å². The average molecular weight is 875 g/mol. The second-order valence-corrected chi connectivity index (χ2v) is 23.4. The number of ether oxygens (including phenoxy) is 1. The smallest absolute Gasteiger partial charge is 0.310 e. The third-order valence-electron chi connectivity index (χ3n) is 13.9. The van der Waals surface area contributed by atoms with Gasteiger partial charge in [-0.1, -0.05) is 98.2 Å². The molecule has 15 heteroatoms. The van der Waals surface area contributed by atoms with Crippen LogP contribution in [-0.4, -0.2) is 81.7 Å². The van der Waals surface area contributed by atoms with Gasteiger partial charge in [0.05, 0.1) is 17.4 Å². The lowest BCUT2D eigenvalue weighted by Crippen LogP contribution is -2.68. The molecule has 11 nitrogen and oxygen atoms in total. The molecule has 0 bridgehead atoms. The first-order valence-corrected chi connectivity index (χ1v) is 23.5. The Labute approximate surface area is 361 Å². The number of halogens is 3. The van der Waals surface area contributed by atoms with Gasteiger partial charge in [0.2, 0.25) is 11.8 Å². The number of nitrogens with zero attached hydrogens (tertiary/aromatic N) is 5. The molecule has 2 amide bonds. The van der Waals surface area contributed by atoms with Gasteiger partial charge in [-0.2, -0.15) is 0 Å². The molecule has 4 aromatic rings. The van der Waals surface area contributed by atoms with Gasteiger partial charge in [-0.3, -0.25) is 14.4 Å². The molecular formula is C46H54ClF2N5O6Si. The van der Waals surface area contributed by atoms with Crippen molar-refractivity contribution in [3.05, 3.63) is 100 Å². The minimum absolute atomic E-state index is 0.00513. The molecule has 4 atom stereocenters. The molecule has 2 saturated carbocycles. The van der Waals surface area contributed by atoms with Crippen LogP contribution in [0, 0.1) is 16.7 Å². The van der Waals surface area contributed by atoms with E-state index >= 15 is 4.79 Å². The van der Waals surface area contributed by atoms with Crippen LogP contribution in [0.15, 0.2) is 72.8 Å². The van der Waals surface area contributed by atoms with Crippen molar-refractivity contribution < 1.29 is 37.4 Å². The highest BCUT2D eigenvalue weighted by Crippen LogP contribution is 2.54. The SMILES string of the molecule is Cn1nnc(COc2ccc(Cl)c3c2[C@@H](CN2CC4(CC4)CC2=O)N(C(=O)[C@@H]2C[C@H](O[Si](c4ccccc4)(c4ccccc4)C(C)(C)C)CC[C@]2(C)C(=O)O)CC3)c1C(F)F. The summed E-state index contributed by atoms with van der Waals surface area (Å²) in [6.45, 7) is 8.83. The molecule has 4 aliphatic rings. The van der Waals surface area contributed by atoms with Crippen molar-refractivity contribution >= 4 is 48.1 Å². The van der Waals surface area contributed by atoms with E-state index in [9.17, 15) is 23.5 Å². The number of rotatable bonds is 12. The Kier molecular flexibility index (Phi) is 11.4. The number of alkyl halides is 2. The predicted octanol–water partition coefficient (Wildman–Crippen LogP) is 7.26. The predicted molar refractivity (Wildman–Crippen MR) is 228 cm³/mol. The number of carbonyl (C=O) groups excluding carboxylic acids is 2. The first kappa shape index (κ1) is 43.0. The average Bonchev–Trinajstić information content (AvgIpc) is 3.76. The van der Waals surface area contributed by atoms with Crippen molar-refractivity contribution in [1.29, 1.82) is 0 Å². The summed E-state index contributed by atoms with van der Waals surface area (Å²) >= 11 is 6.89. The fourth-order valence-electron chi connectivity index (χ4n) is 10.3. The van der Waals surface area contributed by atoms with Crippen molar-refractivity contribution in [1.82, 2.24) is 24.8 Å². The minimum Gasteiger partial charge on any atom is -0.487 e. The van der Waals surface area contributed by atoms with E-state index in [-0.39, 0.29) is 66.2 Å². The Hall–Kier alpha value is -4.66. The summed E-state index contributed by atoms with van der Waals surface area (Å²) < 4.78 is 43.0. The van der Waals surface area contributed by atoms with E-state index in [1.807, 2.05) is 41.3 Å². The van der Waals surface area contributed by atoms with Gasteiger partial charge >= 0.3 is 5.97 Å². The van der Waals surface area contributed by atoms with Crippen LogP contribution in [-0.2, 0) is 38.9 Å². The van der Waals surface area contributed by atoms with Crippen LogP contribution in [0.3, 0.4) is 0 Å². The van der Waals surface area contributed by atoms with E-state index in [1.54, 1.807) is 24.0 Å². The summed E-state index contributed by atoms with van der Waals surface area (Å²) in [7, 11) is -1.69. The molecule has 3 heterocycles. The lowest BCUT2D eigenvalue weighted by molar-refractivity contribution is -0.165. The molecule has 3 aromatic carbocycles. The maximum atomic E-state index is 15.6. The molecule has 1 aromatic heterocycles. The van der Waals surface area contributed by atoms with Crippen molar-refractivity contribution in [2.24, 2.45) is 23.8 Å². The fourth-order valence-corrected chi connectivity index (χ4v) is 15.3. The number of carboxylic acid groups (broad SMARTS) is 1. The number of aryl methyl sites for hydroxylation is 1. The first-order valence-electron chi connectivity index (χ1n) is 21.2. The Balaban J connectivity index is 1.18. The van der Waals surface area contributed by atoms with E-state index in [2.05, 4.69) is 55.3 Å². The van der Waals surface area contributed by atoms with Crippen LogP contribution in [0.1, 0.15) is 101 Å². The maximum absolute atomic E-state index is 15.6. The molecule has 1 saturated heterocycles. The lowest BCUT2D eigenvalue weighted by Gasteiger charge is -2.50. The summed E-state index contributed by atoms with van der Waals surface area (Å²) in [5.41, 5.74) is -0.572. The number of likely N-dealkylation sites (tertiary alicyclic amines) is 1. The molecule has 3 fully saturated rings. The van der Waals surface area contributed by atoms with E-state index in [4.69, 9.17) is 20.8 Å². The molecule has 1 spiro atoms. The molecule has 61 heavy (non-hydrogen) atoms. The van der Waals surface area contributed by atoms with Gasteiger partial charge in [-0.05, 0) is 84.0 Å². The summed E-state index contributed by atoms with van der Waals surface area (Å²) in [4.78, 5) is 46.1. The number of benzene rings is 3. The van der Waals surface area contributed by atoms with Crippen LogP contribution in [0.25, 0.3) is 0 Å². The summed E-state index contributed by atoms with van der Waals surface area (Å²) in [6.07, 6.45) is 0.238. The van der Waals surface area contributed by atoms with Crippen LogP contribution < -0.4 is 15.1 Å². The highest BCUT2D eigenvalue weighted by molar-refractivity contribution is 6.99. The fraction of sp³-hybridized carbons (Fsp3) is 0.500. The van der Waals surface area contributed by atoms with Crippen LogP contribution in [0.2, 0.25) is 10.1 Å². The normalized spacial score (nSPS) is 23.7. The summed E-state index contributed by atoms with van der Waals surface area (Å²) in [5, 5.41) is 20.9. The molecule has 2 aliphatic heterocycles. The third-order valence-corrected chi connectivity index (χ3v) is 19.4. The van der Waals surface area contributed by atoms with E-state index in [0.717, 1.165) is 33.5 Å². The second-order valence-electron chi connectivity index (χ2n) is 18.8. The number of fused-ring (bicyclic) bond motifs is 1. The van der Waals surface area contributed by atoms with E-state index < -0.39 is 44.2 Å². The number of aromatic nitrogens is 3. The molecule has 8 rings (SSSR count). The topological polar surface area (TPSA) is 127 Å². The zero-order valence-corrected chi connectivity index (χ0v) is 37.1. The molecule has 324 valence electrons. The van der Waals surface area contributed by atoms with E-state index in [0.29, 0.717) is 42.1 Å². The summed E-state index contributed by atoms with van der Waals surface area (Å²) in [5.74, 6) is -2.07. The standard InChI is InChI=1S/C46H54ClF2N5O6Si/c1-44(2,3)61(30-12-8-6-9-13-30,31-14-10-7-11-15-31)60-29-18-20-45(4,43(57)58)33(24-29)42(56)54-23-19-32-34(47)16-17-37(59-27-35-40(41(48)49)52(5)51-50-35)39(32)36(54)26-53-28-46(21-22-46)25-38(53)55/h6-17,29,33,36,41H,18-28H2,1-5H3,(H,57,58)/t29-,33+,36-,45+/m1/s1. The van der Waals surface area contributed by atoms with Gasteiger partial charge in [0, 0.05) is 49.8 Å². The number of hydrogen-bond donors (Lipinski definition) is 1. The molecule has 0 unspecified atom stereocenters. The third kappa shape index (κ3) is 7.77. The highest BCUT2D eigenvalue weighted by atomic mass is 35.5. The number of carboxylic acids is 1. The van der Waals surface area contributed by atoms with Crippen LogP contribution in [0.4, 0.5) is 8.78 Å². The van der Waals surface area contributed by atoms with Gasteiger partial charge in [0.1, 0.15) is 23.7 Å². The van der Waals surface area contributed by atoms with Crippen molar-refractivity contribution in [2.45, 2.75) is 103 Å². The van der Waals surface area contributed by atoms with Crippen molar-refractivity contribution in [3.8, 4) is 5.75 Å². The molecule has 1 N–H and O–H groups in total.